The van der Waals surface area contributed by atoms with Gasteiger partial charge in [0.15, 0.2) is 0 Å². The van der Waals surface area contributed by atoms with E-state index in [0.717, 1.165) is 13.1 Å². The van der Waals surface area contributed by atoms with E-state index in [1.165, 1.54) is 57.9 Å². The first-order valence-corrected chi connectivity index (χ1v) is 9.50. The predicted octanol–water partition coefficient (Wildman–Crippen LogP) is 3.22. The highest BCUT2D eigenvalue weighted by atomic mass is 16.2. The van der Waals surface area contributed by atoms with Crippen molar-refractivity contribution in [2.45, 2.75) is 83.3 Å². The van der Waals surface area contributed by atoms with Crippen LogP contribution in [0.4, 0.5) is 4.79 Å². The van der Waals surface area contributed by atoms with Crippen LogP contribution >= 0.6 is 0 Å². The Labute approximate surface area is 135 Å². The molecule has 0 unspecified atom stereocenters. The summed E-state index contributed by atoms with van der Waals surface area (Å²) in [4.78, 5) is 17.5. The maximum atomic E-state index is 12.8. The summed E-state index contributed by atoms with van der Waals surface area (Å²) in [6.07, 6.45) is 10.2. The molecule has 0 aromatic heterocycles. The predicted molar refractivity (Wildman–Crippen MR) is 89.9 cm³/mol. The summed E-state index contributed by atoms with van der Waals surface area (Å²) in [7, 11) is 0. The number of carbonyl (C=O) groups excluding carboxylic acids is 1. The van der Waals surface area contributed by atoms with Gasteiger partial charge in [0.05, 0.1) is 0 Å². The van der Waals surface area contributed by atoms with E-state index in [1.54, 1.807) is 0 Å². The Morgan fingerprint density at radius 3 is 2.86 bits per heavy atom. The van der Waals surface area contributed by atoms with Crippen molar-refractivity contribution in [1.29, 1.82) is 0 Å². The van der Waals surface area contributed by atoms with Gasteiger partial charge in [-0.3, -0.25) is 4.90 Å². The van der Waals surface area contributed by atoms with Crippen LogP contribution in [-0.2, 0) is 0 Å². The van der Waals surface area contributed by atoms with Crippen LogP contribution in [0, 0.1) is 5.92 Å². The van der Waals surface area contributed by atoms with Crippen molar-refractivity contribution in [2.24, 2.45) is 5.92 Å². The molecule has 22 heavy (non-hydrogen) atoms. The van der Waals surface area contributed by atoms with Gasteiger partial charge < -0.3 is 10.2 Å². The Kier molecular flexibility index (Phi) is 5.27. The second-order valence-electron chi connectivity index (χ2n) is 7.68. The number of amides is 2. The summed E-state index contributed by atoms with van der Waals surface area (Å²) in [5, 5.41) is 3.39. The van der Waals surface area contributed by atoms with Crippen molar-refractivity contribution in [3.8, 4) is 0 Å². The molecule has 3 aliphatic rings. The fourth-order valence-corrected chi connectivity index (χ4v) is 4.75. The van der Waals surface area contributed by atoms with Crippen LogP contribution in [0.25, 0.3) is 0 Å². The maximum Gasteiger partial charge on any atom is 0.317 e. The smallest absolute Gasteiger partial charge is 0.317 e. The summed E-state index contributed by atoms with van der Waals surface area (Å²) in [5.74, 6) is 0.715. The van der Waals surface area contributed by atoms with Crippen LogP contribution in [0.1, 0.15) is 65.2 Å². The number of hydrogen-bond acceptors (Lipinski definition) is 2. The highest BCUT2D eigenvalue weighted by Gasteiger charge is 2.37. The first-order chi connectivity index (χ1) is 10.7. The summed E-state index contributed by atoms with van der Waals surface area (Å²) in [5.41, 5.74) is 0. The average Bonchev–Trinajstić information content (AvgIpc) is 3.12. The van der Waals surface area contributed by atoms with Crippen LogP contribution in [0.5, 0.6) is 0 Å². The molecule has 0 radical (unpaired) electrons. The first kappa shape index (κ1) is 16.1. The number of nitrogens with one attached hydrogen (secondary N) is 1. The van der Waals surface area contributed by atoms with Crippen LogP contribution < -0.4 is 5.32 Å². The van der Waals surface area contributed by atoms with E-state index in [-0.39, 0.29) is 6.03 Å². The molecule has 0 aromatic rings. The van der Waals surface area contributed by atoms with Crippen LogP contribution in [0.3, 0.4) is 0 Å². The average molecular weight is 307 g/mol. The van der Waals surface area contributed by atoms with Crippen LogP contribution in [-0.4, -0.2) is 53.6 Å². The molecule has 0 bridgehead atoms. The molecule has 2 aliphatic heterocycles. The molecule has 0 spiro atoms. The van der Waals surface area contributed by atoms with E-state index in [9.17, 15) is 4.79 Å². The molecular formula is C18H33N3O. The number of nitrogens with zero attached hydrogens (tertiary/aromatic N) is 2. The molecule has 4 nitrogen and oxygen atoms in total. The normalized spacial score (nSPS) is 35.6. The molecule has 2 saturated heterocycles. The number of unbranched alkanes of at least 4 members (excludes halogenated alkanes) is 1. The van der Waals surface area contributed by atoms with Gasteiger partial charge in [0, 0.05) is 31.2 Å². The van der Waals surface area contributed by atoms with Gasteiger partial charge in [-0.2, -0.15) is 0 Å². The maximum absolute atomic E-state index is 12.8. The number of urea groups is 1. The van der Waals surface area contributed by atoms with Crippen molar-refractivity contribution in [2.75, 3.05) is 19.6 Å². The molecule has 0 aromatic carbocycles. The number of carbonyl (C=O) groups is 1. The lowest BCUT2D eigenvalue weighted by Crippen LogP contribution is -2.60. The topological polar surface area (TPSA) is 35.6 Å². The van der Waals surface area contributed by atoms with Crippen molar-refractivity contribution < 1.29 is 4.79 Å². The second-order valence-corrected chi connectivity index (χ2v) is 7.68. The molecular weight excluding hydrogens is 274 g/mol. The molecule has 1 saturated carbocycles. The van der Waals surface area contributed by atoms with Gasteiger partial charge in [-0.1, -0.05) is 26.2 Å². The summed E-state index contributed by atoms with van der Waals surface area (Å²) < 4.78 is 0. The first-order valence-electron chi connectivity index (χ1n) is 9.50. The zero-order chi connectivity index (χ0) is 15.5. The van der Waals surface area contributed by atoms with E-state index < -0.39 is 0 Å². The minimum atomic E-state index is 0.201. The van der Waals surface area contributed by atoms with Gasteiger partial charge in [-0.15, -0.1) is 0 Å². The van der Waals surface area contributed by atoms with Gasteiger partial charge in [0.25, 0.3) is 0 Å². The van der Waals surface area contributed by atoms with Crippen molar-refractivity contribution >= 4 is 6.03 Å². The molecule has 2 heterocycles. The Bertz CT molecular complexity index is 387. The molecule has 4 atom stereocenters. The van der Waals surface area contributed by atoms with Gasteiger partial charge in [-0.25, -0.2) is 4.79 Å². The SMILES string of the molecule is CCCC[C@@H]1CCC[C@@H]1NC(=O)N1C[C@@H]2CCCN2C[C@@H]1C. The number of hydrogen-bond donors (Lipinski definition) is 1. The monoisotopic (exact) mass is 307 g/mol. The minimum Gasteiger partial charge on any atom is -0.335 e. The quantitative estimate of drug-likeness (QED) is 0.865. The third-order valence-electron chi connectivity index (χ3n) is 6.09. The minimum absolute atomic E-state index is 0.201. The molecule has 3 fully saturated rings. The highest BCUT2D eigenvalue weighted by Crippen LogP contribution is 2.30. The van der Waals surface area contributed by atoms with Crippen molar-refractivity contribution in [3.05, 3.63) is 0 Å². The van der Waals surface area contributed by atoms with Crippen LogP contribution in [0.15, 0.2) is 0 Å². The molecule has 4 heteroatoms. The zero-order valence-electron chi connectivity index (χ0n) is 14.4. The molecule has 2 amide bonds. The largest absolute Gasteiger partial charge is 0.335 e. The number of fused-ring (bicyclic) bond motifs is 1. The van der Waals surface area contributed by atoms with E-state index >= 15 is 0 Å². The van der Waals surface area contributed by atoms with E-state index in [1.807, 2.05) is 0 Å². The third-order valence-corrected chi connectivity index (χ3v) is 6.09. The fraction of sp³-hybridized carbons (Fsp3) is 0.944. The molecule has 1 aliphatic carbocycles. The van der Waals surface area contributed by atoms with E-state index in [4.69, 9.17) is 0 Å². The number of piperazine rings is 1. The van der Waals surface area contributed by atoms with Gasteiger partial charge in [0.2, 0.25) is 0 Å². The molecule has 126 valence electrons. The zero-order valence-corrected chi connectivity index (χ0v) is 14.4. The van der Waals surface area contributed by atoms with E-state index in [0.29, 0.717) is 24.0 Å². The Hall–Kier alpha value is -0.770. The van der Waals surface area contributed by atoms with Gasteiger partial charge >= 0.3 is 6.03 Å². The highest BCUT2D eigenvalue weighted by molar-refractivity contribution is 5.75. The van der Waals surface area contributed by atoms with Crippen LogP contribution in [0.2, 0.25) is 0 Å². The van der Waals surface area contributed by atoms with E-state index in [2.05, 4.69) is 29.0 Å². The Morgan fingerprint density at radius 2 is 2.05 bits per heavy atom. The summed E-state index contributed by atoms with van der Waals surface area (Å²) in [6, 6.07) is 1.59. The molecule has 3 rings (SSSR count). The van der Waals surface area contributed by atoms with Crippen molar-refractivity contribution in [3.63, 3.8) is 0 Å². The second kappa shape index (κ2) is 7.20. The Morgan fingerprint density at radius 1 is 1.18 bits per heavy atom. The third kappa shape index (κ3) is 3.42. The van der Waals surface area contributed by atoms with Crippen molar-refractivity contribution in [1.82, 2.24) is 15.1 Å². The van der Waals surface area contributed by atoms with Gasteiger partial charge in [0.1, 0.15) is 0 Å². The molecule has 1 N–H and O–H groups in total. The summed E-state index contributed by atoms with van der Waals surface area (Å²) >= 11 is 0. The summed E-state index contributed by atoms with van der Waals surface area (Å²) in [6.45, 7) is 7.68. The number of rotatable bonds is 4. The lowest BCUT2D eigenvalue weighted by molar-refractivity contribution is 0.0782. The lowest BCUT2D eigenvalue weighted by Gasteiger charge is -2.42. The fourth-order valence-electron chi connectivity index (χ4n) is 4.75. The Balaban J connectivity index is 1.54. The lowest BCUT2D eigenvalue weighted by atomic mass is 9.97. The van der Waals surface area contributed by atoms with Gasteiger partial charge in [-0.05, 0) is 51.5 Å². The standard InChI is InChI=1S/C18H33N3O/c1-3-4-7-15-8-5-10-17(15)19-18(22)21-13-16-9-6-11-20(16)12-14(21)2/h14-17H,3-13H2,1-2H3,(H,19,22)/t14-,15+,16-,17-/m0/s1.